The molecule has 0 heterocycles. The van der Waals surface area contributed by atoms with Crippen LogP contribution in [0.3, 0.4) is 0 Å². The maximum absolute atomic E-state index is 6.34. The first-order valence-corrected chi connectivity index (χ1v) is 7.28. The second-order valence-corrected chi connectivity index (χ2v) is 6.67. The third kappa shape index (κ3) is 3.71. The lowest BCUT2D eigenvalue weighted by Gasteiger charge is -2.20. The van der Waals surface area contributed by atoms with Gasteiger partial charge in [-0.2, -0.15) is 0 Å². The van der Waals surface area contributed by atoms with Gasteiger partial charge in [-0.15, -0.1) is 0 Å². The highest BCUT2D eigenvalue weighted by atomic mass is 14.6. The van der Waals surface area contributed by atoms with E-state index in [9.17, 15) is 0 Å². The molecule has 0 radical (unpaired) electrons. The fraction of sp³-hybridized carbons (Fsp3) is 0.368. The van der Waals surface area contributed by atoms with Gasteiger partial charge in [0.15, 0.2) is 0 Å². The van der Waals surface area contributed by atoms with Gasteiger partial charge in [0.05, 0.1) is 0 Å². The molecule has 20 heavy (non-hydrogen) atoms. The summed E-state index contributed by atoms with van der Waals surface area (Å²) in [5, 5.41) is 0. The summed E-state index contributed by atoms with van der Waals surface area (Å²) in [6.07, 6.45) is 0.885. The fourth-order valence-electron chi connectivity index (χ4n) is 2.44. The predicted molar refractivity (Wildman–Crippen MR) is 87.0 cm³/mol. The Morgan fingerprint density at radius 3 is 2.20 bits per heavy atom. The van der Waals surface area contributed by atoms with Crippen molar-refractivity contribution in [1.29, 1.82) is 0 Å². The molecule has 0 aromatic heterocycles. The molecule has 0 aliphatic rings. The van der Waals surface area contributed by atoms with E-state index in [2.05, 4.69) is 76.2 Å². The Balaban J connectivity index is 2.11. The van der Waals surface area contributed by atoms with Gasteiger partial charge in [-0.3, -0.25) is 0 Å². The van der Waals surface area contributed by atoms with Crippen LogP contribution in [-0.2, 0) is 11.8 Å². The van der Waals surface area contributed by atoms with Gasteiger partial charge in [-0.05, 0) is 35.4 Å². The van der Waals surface area contributed by atoms with Gasteiger partial charge in [0, 0.05) is 6.04 Å². The molecule has 0 spiro atoms. The first-order valence-electron chi connectivity index (χ1n) is 7.28. The van der Waals surface area contributed by atoms with E-state index in [4.69, 9.17) is 5.73 Å². The highest BCUT2D eigenvalue weighted by Gasteiger charge is 2.14. The van der Waals surface area contributed by atoms with Crippen LogP contribution in [0.4, 0.5) is 0 Å². The molecule has 2 rings (SSSR count). The zero-order valence-electron chi connectivity index (χ0n) is 13.0. The van der Waals surface area contributed by atoms with Crippen LogP contribution in [0, 0.1) is 6.92 Å². The van der Waals surface area contributed by atoms with Gasteiger partial charge >= 0.3 is 0 Å². The highest BCUT2D eigenvalue weighted by Crippen LogP contribution is 2.24. The number of rotatable bonds is 3. The Morgan fingerprint density at radius 1 is 1.00 bits per heavy atom. The summed E-state index contributed by atoms with van der Waals surface area (Å²) in [6.45, 7) is 8.81. The Labute approximate surface area is 122 Å². The molecule has 106 valence electrons. The van der Waals surface area contributed by atoms with Crippen LogP contribution >= 0.6 is 0 Å². The molecule has 2 N–H and O–H groups in total. The molecule has 1 nitrogen and oxygen atoms in total. The van der Waals surface area contributed by atoms with Gasteiger partial charge in [0.1, 0.15) is 0 Å². The van der Waals surface area contributed by atoms with Crippen LogP contribution in [-0.4, -0.2) is 0 Å². The Hall–Kier alpha value is -1.60. The minimum absolute atomic E-state index is 0.0609. The lowest BCUT2D eigenvalue weighted by Crippen LogP contribution is -2.15. The number of hydrogen-bond acceptors (Lipinski definition) is 1. The van der Waals surface area contributed by atoms with Crippen LogP contribution in [0.5, 0.6) is 0 Å². The summed E-state index contributed by atoms with van der Waals surface area (Å²) >= 11 is 0. The van der Waals surface area contributed by atoms with Crippen molar-refractivity contribution in [1.82, 2.24) is 0 Å². The van der Waals surface area contributed by atoms with Crippen molar-refractivity contribution < 1.29 is 0 Å². The van der Waals surface area contributed by atoms with E-state index in [1.54, 1.807) is 0 Å². The number of nitrogens with two attached hydrogens (primary N) is 1. The summed E-state index contributed by atoms with van der Waals surface area (Å²) < 4.78 is 0. The van der Waals surface area contributed by atoms with Crippen molar-refractivity contribution in [2.75, 3.05) is 0 Å². The minimum Gasteiger partial charge on any atom is -0.324 e. The fourth-order valence-corrected chi connectivity index (χ4v) is 2.44. The van der Waals surface area contributed by atoms with Crippen molar-refractivity contribution in [2.24, 2.45) is 5.73 Å². The van der Waals surface area contributed by atoms with E-state index in [1.807, 2.05) is 0 Å². The summed E-state index contributed by atoms with van der Waals surface area (Å²) in [4.78, 5) is 0. The zero-order chi connectivity index (χ0) is 14.8. The second kappa shape index (κ2) is 5.80. The molecular weight excluding hydrogens is 242 g/mol. The van der Waals surface area contributed by atoms with Crippen molar-refractivity contribution in [3.8, 4) is 0 Å². The van der Waals surface area contributed by atoms with Crippen molar-refractivity contribution >= 4 is 0 Å². The molecule has 0 aliphatic heterocycles. The third-order valence-corrected chi connectivity index (χ3v) is 3.74. The Morgan fingerprint density at radius 2 is 1.65 bits per heavy atom. The van der Waals surface area contributed by atoms with E-state index < -0.39 is 0 Å². The molecule has 0 saturated heterocycles. The van der Waals surface area contributed by atoms with Crippen LogP contribution in [0.2, 0.25) is 0 Å². The Kier molecular flexibility index (Phi) is 4.29. The van der Waals surface area contributed by atoms with E-state index in [1.165, 1.54) is 22.3 Å². The SMILES string of the molecule is Cc1cccc(CC(N)c2ccc(C(C)(C)C)cc2)c1. The van der Waals surface area contributed by atoms with E-state index in [0.29, 0.717) is 0 Å². The van der Waals surface area contributed by atoms with Crippen molar-refractivity contribution in [2.45, 2.75) is 45.6 Å². The van der Waals surface area contributed by atoms with Gasteiger partial charge in [0.25, 0.3) is 0 Å². The van der Waals surface area contributed by atoms with E-state index >= 15 is 0 Å². The molecular formula is C19H25N. The summed E-state index contributed by atoms with van der Waals surface area (Å²) in [5.41, 5.74) is 11.7. The normalized spacial score (nSPS) is 13.2. The average molecular weight is 267 g/mol. The topological polar surface area (TPSA) is 26.0 Å². The summed E-state index contributed by atoms with van der Waals surface area (Å²) in [5.74, 6) is 0. The summed E-state index contributed by atoms with van der Waals surface area (Å²) in [6, 6.07) is 17.4. The standard InChI is InChI=1S/C19H25N/c1-14-6-5-7-15(12-14)13-18(20)16-8-10-17(11-9-16)19(2,3)4/h5-12,18H,13,20H2,1-4H3. The van der Waals surface area contributed by atoms with Gasteiger partial charge in [-0.25, -0.2) is 0 Å². The molecule has 1 heteroatoms. The van der Waals surface area contributed by atoms with Crippen molar-refractivity contribution in [3.63, 3.8) is 0 Å². The average Bonchev–Trinajstić information content (AvgIpc) is 2.38. The number of benzene rings is 2. The predicted octanol–water partition coefficient (Wildman–Crippen LogP) is 4.54. The van der Waals surface area contributed by atoms with Crippen LogP contribution in [0.1, 0.15) is 49.1 Å². The maximum Gasteiger partial charge on any atom is 0.0335 e. The number of aryl methyl sites for hydroxylation is 1. The molecule has 0 amide bonds. The molecule has 1 unspecified atom stereocenters. The smallest absolute Gasteiger partial charge is 0.0335 e. The van der Waals surface area contributed by atoms with Gasteiger partial charge in [0.2, 0.25) is 0 Å². The van der Waals surface area contributed by atoms with Gasteiger partial charge in [-0.1, -0.05) is 74.9 Å². The lowest BCUT2D eigenvalue weighted by molar-refractivity contribution is 0.589. The van der Waals surface area contributed by atoms with Gasteiger partial charge < -0.3 is 5.73 Å². The minimum atomic E-state index is 0.0609. The van der Waals surface area contributed by atoms with Crippen molar-refractivity contribution in [3.05, 3.63) is 70.8 Å². The number of hydrogen-bond donors (Lipinski definition) is 1. The first kappa shape index (κ1) is 14.8. The lowest BCUT2D eigenvalue weighted by atomic mass is 9.86. The Bertz CT molecular complexity index is 561. The molecule has 0 aliphatic carbocycles. The van der Waals surface area contributed by atoms with E-state index in [-0.39, 0.29) is 11.5 Å². The zero-order valence-corrected chi connectivity index (χ0v) is 13.0. The van der Waals surface area contributed by atoms with Crippen LogP contribution in [0.25, 0.3) is 0 Å². The van der Waals surface area contributed by atoms with Crippen LogP contribution in [0.15, 0.2) is 48.5 Å². The first-order chi connectivity index (χ1) is 9.36. The second-order valence-electron chi connectivity index (χ2n) is 6.67. The molecule has 1 atom stereocenters. The maximum atomic E-state index is 6.34. The molecule has 2 aromatic rings. The monoisotopic (exact) mass is 267 g/mol. The molecule has 0 saturated carbocycles. The van der Waals surface area contributed by atoms with Crippen LogP contribution < -0.4 is 5.73 Å². The third-order valence-electron chi connectivity index (χ3n) is 3.74. The highest BCUT2D eigenvalue weighted by molar-refractivity contribution is 5.31. The largest absolute Gasteiger partial charge is 0.324 e. The molecule has 0 fully saturated rings. The summed E-state index contributed by atoms with van der Waals surface area (Å²) in [7, 11) is 0. The molecule has 0 bridgehead atoms. The van der Waals surface area contributed by atoms with E-state index in [0.717, 1.165) is 6.42 Å². The molecule has 2 aromatic carbocycles. The quantitative estimate of drug-likeness (QED) is 0.868.